The van der Waals surface area contributed by atoms with Gasteiger partial charge in [0.2, 0.25) is 10.0 Å². The zero-order valence-corrected chi connectivity index (χ0v) is 12.0. The van der Waals surface area contributed by atoms with Crippen LogP contribution < -0.4 is 15.7 Å². The molecule has 20 heavy (non-hydrogen) atoms. The minimum atomic E-state index is -3.58. The van der Waals surface area contributed by atoms with Crippen LogP contribution in [0.15, 0.2) is 44.4 Å². The van der Waals surface area contributed by atoms with Crippen molar-refractivity contribution in [2.75, 3.05) is 13.6 Å². The average Bonchev–Trinajstić information content (AvgIpc) is 2.44. The van der Waals surface area contributed by atoms with Gasteiger partial charge in [0.15, 0.2) is 0 Å². The van der Waals surface area contributed by atoms with Gasteiger partial charge in [0, 0.05) is 24.0 Å². The number of rotatable bonds is 5. The van der Waals surface area contributed by atoms with Crippen molar-refractivity contribution in [3.8, 4) is 0 Å². The van der Waals surface area contributed by atoms with Crippen LogP contribution in [0.3, 0.4) is 0 Å². The molecule has 7 heteroatoms. The highest BCUT2D eigenvalue weighted by molar-refractivity contribution is 7.89. The fourth-order valence-electron chi connectivity index (χ4n) is 1.64. The molecule has 0 saturated heterocycles. The zero-order valence-electron chi connectivity index (χ0n) is 11.2. The lowest BCUT2D eigenvalue weighted by atomic mass is 10.2. The minimum absolute atomic E-state index is 0.0308. The molecular weight excluding hydrogens is 280 g/mol. The molecule has 0 radical (unpaired) electrons. The molecule has 1 aromatic heterocycles. The van der Waals surface area contributed by atoms with Crippen LogP contribution in [0.2, 0.25) is 0 Å². The van der Waals surface area contributed by atoms with Crippen LogP contribution in [-0.2, 0) is 10.0 Å². The van der Waals surface area contributed by atoms with Crippen LogP contribution in [0.5, 0.6) is 0 Å². The SMILES string of the molecule is CNC(C)CNS(=O)(=O)c1ccc2oc(=O)ccc2c1. The van der Waals surface area contributed by atoms with Crippen LogP contribution in [0.4, 0.5) is 0 Å². The van der Waals surface area contributed by atoms with Crippen LogP contribution in [0, 0.1) is 0 Å². The van der Waals surface area contributed by atoms with Gasteiger partial charge in [-0.2, -0.15) is 0 Å². The highest BCUT2D eigenvalue weighted by atomic mass is 32.2. The topological polar surface area (TPSA) is 88.4 Å². The van der Waals surface area contributed by atoms with Gasteiger partial charge in [-0.1, -0.05) is 0 Å². The van der Waals surface area contributed by atoms with Gasteiger partial charge in [-0.3, -0.25) is 0 Å². The number of hydrogen-bond acceptors (Lipinski definition) is 5. The van der Waals surface area contributed by atoms with Crippen molar-refractivity contribution in [2.24, 2.45) is 0 Å². The molecule has 2 N–H and O–H groups in total. The largest absolute Gasteiger partial charge is 0.423 e. The zero-order chi connectivity index (χ0) is 14.8. The van der Waals surface area contributed by atoms with E-state index in [4.69, 9.17) is 4.42 Å². The minimum Gasteiger partial charge on any atom is -0.423 e. The molecule has 1 heterocycles. The first-order valence-corrected chi connectivity index (χ1v) is 7.61. The van der Waals surface area contributed by atoms with E-state index >= 15 is 0 Å². The van der Waals surface area contributed by atoms with Crippen molar-refractivity contribution in [2.45, 2.75) is 17.9 Å². The summed E-state index contributed by atoms with van der Waals surface area (Å²) in [5.41, 5.74) is -0.103. The van der Waals surface area contributed by atoms with Crippen molar-refractivity contribution in [1.82, 2.24) is 10.0 Å². The molecule has 2 aromatic rings. The lowest BCUT2D eigenvalue weighted by Gasteiger charge is -2.12. The Kier molecular flexibility index (Phi) is 4.22. The van der Waals surface area contributed by atoms with Crippen LogP contribution in [-0.4, -0.2) is 28.1 Å². The molecule has 0 spiro atoms. The molecule has 1 atom stereocenters. The van der Waals surface area contributed by atoms with Gasteiger partial charge in [0.05, 0.1) is 4.90 Å². The van der Waals surface area contributed by atoms with E-state index in [1.165, 1.54) is 30.3 Å². The van der Waals surface area contributed by atoms with E-state index in [0.717, 1.165) is 0 Å². The highest BCUT2D eigenvalue weighted by Crippen LogP contribution is 2.17. The monoisotopic (exact) mass is 296 g/mol. The molecule has 0 aliphatic heterocycles. The Hall–Kier alpha value is -1.70. The molecule has 2 rings (SSSR count). The molecular formula is C13H16N2O4S. The number of hydrogen-bond donors (Lipinski definition) is 2. The molecule has 0 amide bonds. The summed E-state index contributed by atoms with van der Waals surface area (Å²) in [6.45, 7) is 2.16. The van der Waals surface area contributed by atoms with Gasteiger partial charge in [-0.05, 0) is 38.2 Å². The number of sulfonamides is 1. The third-order valence-electron chi connectivity index (χ3n) is 2.97. The Labute approximate surface area is 116 Å². The molecule has 108 valence electrons. The maximum absolute atomic E-state index is 12.1. The van der Waals surface area contributed by atoms with Crippen LogP contribution >= 0.6 is 0 Å². The van der Waals surface area contributed by atoms with Crippen molar-refractivity contribution in [1.29, 1.82) is 0 Å². The van der Waals surface area contributed by atoms with Gasteiger partial charge < -0.3 is 9.73 Å². The number of nitrogens with one attached hydrogen (secondary N) is 2. The fourth-order valence-corrected chi connectivity index (χ4v) is 2.80. The number of benzene rings is 1. The Bertz CT molecular complexity index is 767. The first-order valence-electron chi connectivity index (χ1n) is 6.13. The van der Waals surface area contributed by atoms with Crippen molar-refractivity contribution in [3.63, 3.8) is 0 Å². The van der Waals surface area contributed by atoms with E-state index in [-0.39, 0.29) is 10.9 Å². The fraction of sp³-hybridized carbons (Fsp3) is 0.308. The van der Waals surface area contributed by atoms with Crippen molar-refractivity contribution < 1.29 is 12.8 Å². The van der Waals surface area contributed by atoms with E-state index in [0.29, 0.717) is 17.5 Å². The summed E-state index contributed by atoms with van der Waals surface area (Å²) in [6.07, 6.45) is 0. The predicted molar refractivity (Wildman–Crippen MR) is 76.2 cm³/mol. The predicted octanol–water partition coefficient (Wildman–Crippen LogP) is 0.679. The third kappa shape index (κ3) is 3.24. The average molecular weight is 296 g/mol. The van der Waals surface area contributed by atoms with E-state index in [2.05, 4.69) is 10.0 Å². The number of fused-ring (bicyclic) bond motifs is 1. The van der Waals surface area contributed by atoms with Gasteiger partial charge in [-0.25, -0.2) is 17.9 Å². The van der Waals surface area contributed by atoms with E-state index in [1.807, 2.05) is 6.92 Å². The third-order valence-corrected chi connectivity index (χ3v) is 4.39. The summed E-state index contributed by atoms with van der Waals surface area (Å²) in [6, 6.07) is 7.20. The van der Waals surface area contributed by atoms with E-state index in [1.54, 1.807) is 7.05 Å². The summed E-state index contributed by atoms with van der Waals surface area (Å²) in [5.74, 6) is 0. The Balaban J connectivity index is 2.32. The molecule has 0 aliphatic carbocycles. The summed E-state index contributed by atoms with van der Waals surface area (Å²) < 4.78 is 31.7. The lowest BCUT2D eigenvalue weighted by molar-refractivity contribution is 0.553. The Morgan fingerprint density at radius 3 is 2.70 bits per heavy atom. The summed E-state index contributed by atoms with van der Waals surface area (Å²) >= 11 is 0. The van der Waals surface area contributed by atoms with Crippen LogP contribution in [0.25, 0.3) is 11.0 Å². The second kappa shape index (κ2) is 5.74. The number of likely N-dealkylation sites (N-methyl/N-ethyl adjacent to an activating group) is 1. The first-order chi connectivity index (χ1) is 9.42. The molecule has 1 unspecified atom stereocenters. The second-order valence-electron chi connectivity index (χ2n) is 4.50. The van der Waals surface area contributed by atoms with Gasteiger partial charge in [-0.15, -0.1) is 0 Å². The quantitative estimate of drug-likeness (QED) is 0.792. The standard InChI is InChI=1S/C13H16N2O4S/c1-9(14-2)8-15-20(17,18)11-4-5-12-10(7-11)3-6-13(16)19-12/h3-7,9,14-15H,8H2,1-2H3. The maximum Gasteiger partial charge on any atom is 0.336 e. The summed E-state index contributed by atoms with van der Waals surface area (Å²) in [4.78, 5) is 11.2. The molecule has 0 aliphatic rings. The Morgan fingerprint density at radius 1 is 1.25 bits per heavy atom. The molecule has 1 aromatic carbocycles. The van der Waals surface area contributed by atoms with E-state index in [9.17, 15) is 13.2 Å². The summed E-state index contributed by atoms with van der Waals surface area (Å²) in [7, 11) is -1.82. The smallest absolute Gasteiger partial charge is 0.336 e. The highest BCUT2D eigenvalue weighted by Gasteiger charge is 2.15. The van der Waals surface area contributed by atoms with Crippen LogP contribution in [0.1, 0.15) is 6.92 Å². The second-order valence-corrected chi connectivity index (χ2v) is 6.26. The summed E-state index contributed by atoms with van der Waals surface area (Å²) in [5, 5.41) is 3.51. The van der Waals surface area contributed by atoms with E-state index < -0.39 is 15.6 Å². The molecule has 0 bridgehead atoms. The lowest BCUT2D eigenvalue weighted by Crippen LogP contribution is -2.37. The maximum atomic E-state index is 12.1. The molecule has 0 fully saturated rings. The van der Waals surface area contributed by atoms with Crippen molar-refractivity contribution in [3.05, 3.63) is 40.8 Å². The first kappa shape index (κ1) is 14.7. The van der Waals surface area contributed by atoms with Gasteiger partial charge in [0.1, 0.15) is 5.58 Å². The Morgan fingerprint density at radius 2 is 2.00 bits per heavy atom. The van der Waals surface area contributed by atoms with Crippen molar-refractivity contribution >= 4 is 21.0 Å². The molecule has 0 saturated carbocycles. The van der Waals surface area contributed by atoms with Gasteiger partial charge in [0.25, 0.3) is 0 Å². The molecule has 6 nitrogen and oxygen atoms in total. The normalized spacial score (nSPS) is 13.5. The van der Waals surface area contributed by atoms with Gasteiger partial charge >= 0.3 is 5.63 Å².